The molecule has 6 nitrogen and oxygen atoms in total. The zero-order valence-corrected chi connectivity index (χ0v) is 12.4. The maximum Gasteiger partial charge on any atom is 0.126 e. The van der Waals surface area contributed by atoms with Crippen LogP contribution in [0, 0.1) is 0 Å². The van der Waals surface area contributed by atoms with Crippen LogP contribution in [0.3, 0.4) is 0 Å². The molecular formula is C14H17N5OS. The van der Waals surface area contributed by atoms with Crippen LogP contribution in [0.2, 0.25) is 0 Å². The van der Waals surface area contributed by atoms with Crippen LogP contribution in [-0.2, 0) is 0 Å². The molecule has 0 spiro atoms. The van der Waals surface area contributed by atoms with Crippen molar-refractivity contribution in [1.82, 2.24) is 15.2 Å². The van der Waals surface area contributed by atoms with Gasteiger partial charge in [-0.25, -0.2) is 4.98 Å². The molecule has 0 radical (unpaired) electrons. The summed E-state index contributed by atoms with van der Waals surface area (Å²) in [7, 11) is 0. The Kier molecular flexibility index (Phi) is 3.76. The highest BCUT2D eigenvalue weighted by Crippen LogP contribution is 2.37. The number of thiophene rings is 1. The number of nitrogens with zero attached hydrogens (tertiary/aromatic N) is 2. The Balaban J connectivity index is 2.07. The van der Waals surface area contributed by atoms with Crippen LogP contribution >= 0.6 is 11.3 Å². The summed E-state index contributed by atoms with van der Waals surface area (Å²) in [5, 5.41) is 19.6. The average Bonchev–Trinajstić information content (AvgIpc) is 3.12. The zero-order chi connectivity index (χ0) is 14.8. The normalized spacial score (nSPS) is 12.7. The summed E-state index contributed by atoms with van der Waals surface area (Å²) in [5.41, 5.74) is 8.60. The van der Waals surface area contributed by atoms with E-state index in [2.05, 4.69) is 20.5 Å². The van der Waals surface area contributed by atoms with E-state index < -0.39 is 0 Å². The second-order valence-corrected chi connectivity index (χ2v) is 5.87. The number of nitrogens with two attached hydrogens (primary N) is 1. The number of rotatable bonds is 5. The first-order valence-corrected chi connectivity index (χ1v) is 7.60. The van der Waals surface area contributed by atoms with Crippen molar-refractivity contribution in [2.24, 2.45) is 0 Å². The third-order valence-corrected chi connectivity index (χ3v) is 4.53. The van der Waals surface area contributed by atoms with Crippen molar-refractivity contribution in [1.29, 1.82) is 0 Å². The number of fused-ring (bicyclic) bond motifs is 1. The molecule has 0 aliphatic carbocycles. The fraction of sp³-hybridized carbons (Fsp3) is 0.286. The van der Waals surface area contributed by atoms with Gasteiger partial charge in [-0.05, 0) is 18.6 Å². The second kappa shape index (κ2) is 5.71. The fourth-order valence-electron chi connectivity index (χ4n) is 2.17. The van der Waals surface area contributed by atoms with Gasteiger partial charge in [-0.15, -0.1) is 11.3 Å². The van der Waals surface area contributed by atoms with Crippen molar-refractivity contribution in [2.45, 2.75) is 19.4 Å². The quantitative estimate of drug-likeness (QED) is 0.580. The van der Waals surface area contributed by atoms with E-state index in [1.165, 1.54) is 0 Å². The van der Waals surface area contributed by atoms with Crippen LogP contribution in [-0.4, -0.2) is 32.9 Å². The molecule has 0 aliphatic rings. The van der Waals surface area contributed by atoms with Crippen LogP contribution in [0.15, 0.2) is 24.4 Å². The Morgan fingerprint density at radius 2 is 2.33 bits per heavy atom. The Morgan fingerprint density at radius 1 is 1.48 bits per heavy atom. The molecule has 0 aliphatic heterocycles. The molecule has 3 heterocycles. The van der Waals surface area contributed by atoms with E-state index in [-0.39, 0.29) is 12.6 Å². The van der Waals surface area contributed by atoms with Crippen molar-refractivity contribution in [3.63, 3.8) is 0 Å². The van der Waals surface area contributed by atoms with Gasteiger partial charge in [0.1, 0.15) is 5.82 Å². The Hall–Kier alpha value is -2.12. The summed E-state index contributed by atoms with van der Waals surface area (Å²) in [4.78, 5) is 5.43. The van der Waals surface area contributed by atoms with E-state index in [0.29, 0.717) is 5.82 Å². The van der Waals surface area contributed by atoms with Gasteiger partial charge in [-0.2, -0.15) is 5.10 Å². The van der Waals surface area contributed by atoms with Crippen molar-refractivity contribution < 1.29 is 5.11 Å². The third kappa shape index (κ3) is 2.70. The molecule has 0 saturated heterocycles. The van der Waals surface area contributed by atoms with Crippen molar-refractivity contribution in [3.8, 4) is 10.6 Å². The number of aliphatic hydroxyl groups is 1. The lowest BCUT2D eigenvalue weighted by atomic mass is 10.2. The number of nitrogens with one attached hydrogen (secondary N) is 2. The smallest absolute Gasteiger partial charge is 0.126 e. The van der Waals surface area contributed by atoms with E-state index in [4.69, 9.17) is 5.73 Å². The lowest BCUT2D eigenvalue weighted by Gasteiger charge is -2.16. The second-order valence-electron chi connectivity index (χ2n) is 4.82. The highest BCUT2D eigenvalue weighted by molar-refractivity contribution is 7.22. The van der Waals surface area contributed by atoms with E-state index in [9.17, 15) is 5.11 Å². The zero-order valence-electron chi connectivity index (χ0n) is 11.6. The van der Waals surface area contributed by atoms with Crippen molar-refractivity contribution >= 4 is 33.1 Å². The van der Waals surface area contributed by atoms with Gasteiger partial charge >= 0.3 is 0 Å². The Labute approximate surface area is 126 Å². The van der Waals surface area contributed by atoms with Crippen LogP contribution in [0.5, 0.6) is 0 Å². The number of pyridine rings is 1. The van der Waals surface area contributed by atoms with Gasteiger partial charge in [0, 0.05) is 18.3 Å². The molecule has 1 unspecified atom stereocenters. The predicted molar refractivity (Wildman–Crippen MR) is 86.4 cm³/mol. The average molecular weight is 303 g/mol. The molecule has 7 heteroatoms. The number of anilines is 2. The molecule has 0 aromatic carbocycles. The van der Waals surface area contributed by atoms with Crippen molar-refractivity contribution in [3.05, 3.63) is 24.4 Å². The first-order valence-electron chi connectivity index (χ1n) is 6.78. The number of aliphatic hydroxyl groups excluding tert-OH is 1. The first kappa shape index (κ1) is 13.8. The molecule has 0 saturated carbocycles. The molecule has 110 valence electrons. The maximum absolute atomic E-state index is 9.36. The molecule has 21 heavy (non-hydrogen) atoms. The number of nitrogen functional groups attached to an aromatic ring is 1. The minimum absolute atomic E-state index is 0.00713. The number of hydrogen-bond acceptors (Lipinski definition) is 6. The number of aromatic amines is 1. The molecule has 0 bridgehead atoms. The Bertz CT molecular complexity index is 733. The van der Waals surface area contributed by atoms with E-state index in [1.807, 2.05) is 25.1 Å². The lowest BCUT2D eigenvalue weighted by Crippen LogP contribution is -2.22. The molecule has 3 rings (SSSR count). The van der Waals surface area contributed by atoms with E-state index in [0.717, 1.165) is 32.9 Å². The molecule has 0 amide bonds. The standard InChI is InChI=1S/C14H17N5OS/c1-2-8(7-20)17-11-6-13(15)18-10-5-12(21-14(10)11)9-3-4-16-19-9/h3-6,8,20H,2,7H2,1H3,(H,16,19)(H3,15,17,18). The Morgan fingerprint density at radius 3 is 3.00 bits per heavy atom. The van der Waals surface area contributed by atoms with E-state index >= 15 is 0 Å². The third-order valence-electron chi connectivity index (χ3n) is 3.34. The molecule has 3 aromatic rings. The summed E-state index contributed by atoms with van der Waals surface area (Å²) in [6, 6.07) is 5.74. The van der Waals surface area contributed by atoms with Gasteiger partial charge in [0.05, 0.1) is 33.1 Å². The molecule has 0 fully saturated rings. The summed E-state index contributed by atoms with van der Waals surface area (Å²) in [5.74, 6) is 0.465. The lowest BCUT2D eigenvalue weighted by molar-refractivity contribution is 0.272. The predicted octanol–water partition coefficient (Wildman–Crippen LogP) is 2.45. The minimum atomic E-state index is 0.00713. The highest BCUT2D eigenvalue weighted by atomic mass is 32.1. The topological polar surface area (TPSA) is 99.8 Å². The fourth-order valence-corrected chi connectivity index (χ4v) is 3.22. The van der Waals surface area contributed by atoms with Gasteiger partial charge in [0.2, 0.25) is 0 Å². The maximum atomic E-state index is 9.36. The largest absolute Gasteiger partial charge is 0.394 e. The molecule has 1 atom stereocenters. The molecular weight excluding hydrogens is 286 g/mol. The van der Waals surface area contributed by atoms with Crippen LogP contribution in [0.1, 0.15) is 13.3 Å². The summed E-state index contributed by atoms with van der Waals surface area (Å²) >= 11 is 1.62. The summed E-state index contributed by atoms with van der Waals surface area (Å²) < 4.78 is 1.03. The number of hydrogen-bond donors (Lipinski definition) is 4. The number of H-pyrrole nitrogens is 1. The van der Waals surface area contributed by atoms with Gasteiger partial charge < -0.3 is 16.2 Å². The van der Waals surface area contributed by atoms with Crippen LogP contribution in [0.25, 0.3) is 20.8 Å². The summed E-state index contributed by atoms with van der Waals surface area (Å²) in [6.07, 6.45) is 2.55. The monoisotopic (exact) mass is 303 g/mol. The van der Waals surface area contributed by atoms with Gasteiger partial charge in [-0.3, -0.25) is 5.10 Å². The van der Waals surface area contributed by atoms with Gasteiger partial charge in [-0.1, -0.05) is 6.92 Å². The van der Waals surface area contributed by atoms with E-state index in [1.54, 1.807) is 17.5 Å². The van der Waals surface area contributed by atoms with Crippen LogP contribution < -0.4 is 11.1 Å². The summed E-state index contributed by atoms with van der Waals surface area (Å²) in [6.45, 7) is 2.11. The molecule has 3 aromatic heterocycles. The van der Waals surface area contributed by atoms with Gasteiger partial charge in [0.15, 0.2) is 0 Å². The van der Waals surface area contributed by atoms with Crippen LogP contribution in [0.4, 0.5) is 11.5 Å². The van der Waals surface area contributed by atoms with Gasteiger partial charge in [0.25, 0.3) is 0 Å². The minimum Gasteiger partial charge on any atom is -0.394 e. The highest BCUT2D eigenvalue weighted by Gasteiger charge is 2.13. The van der Waals surface area contributed by atoms with Crippen molar-refractivity contribution in [2.75, 3.05) is 17.7 Å². The first-order chi connectivity index (χ1) is 10.2. The SMILES string of the molecule is CCC(CO)Nc1cc(N)nc2cc(-c3ccn[nH]3)sc12. The number of aromatic nitrogens is 3. The molecule has 5 N–H and O–H groups in total.